The minimum atomic E-state index is -0.444. The van der Waals surface area contributed by atoms with Crippen LogP contribution >= 0.6 is 15.9 Å². The summed E-state index contributed by atoms with van der Waals surface area (Å²) in [6.07, 6.45) is 4.32. The second-order valence-corrected chi connectivity index (χ2v) is 7.64. The van der Waals surface area contributed by atoms with Crippen molar-refractivity contribution in [3.8, 4) is 0 Å². The maximum absolute atomic E-state index is 12.2. The second kappa shape index (κ2) is 6.22. The normalized spacial score (nSPS) is 27.5. The van der Waals surface area contributed by atoms with E-state index in [1.165, 1.54) is 12.8 Å². The summed E-state index contributed by atoms with van der Waals surface area (Å²) in [4.78, 5) is 14.0. The largest absolute Gasteiger partial charge is 0.444 e. The molecule has 0 spiro atoms. The number of carbonyl (C=O) groups excluding carboxylic acids is 1. The highest BCUT2D eigenvalue weighted by Gasteiger charge is 2.39. The first-order valence-electron chi connectivity index (χ1n) is 7.51. The number of likely N-dealkylation sites (tertiary alicyclic amines) is 1. The number of ether oxygens (including phenoxy) is 2. The van der Waals surface area contributed by atoms with Crippen molar-refractivity contribution in [2.75, 3.05) is 25.0 Å². The highest BCUT2D eigenvalue weighted by Crippen LogP contribution is 2.34. The van der Waals surface area contributed by atoms with E-state index < -0.39 is 5.60 Å². The zero-order valence-corrected chi connectivity index (χ0v) is 14.4. The summed E-state index contributed by atoms with van der Waals surface area (Å²) in [7, 11) is 0. The van der Waals surface area contributed by atoms with Crippen LogP contribution in [0.25, 0.3) is 0 Å². The van der Waals surface area contributed by atoms with Gasteiger partial charge in [-0.25, -0.2) is 4.79 Å². The Labute approximate surface area is 130 Å². The van der Waals surface area contributed by atoms with Crippen LogP contribution in [0.2, 0.25) is 0 Å². The summed E-state index contributed by atoms with van der Waals surface area (Å²) in [6, 6.07) is 0. The van der Waals surface area contributed by atoms with E-state index >= 15 is 0 Å². The third-order valence-electron chi connectivity index (χ3n) is 3.76. The number of nitrogens with zero attached hydrogens (tertiary/aromatic N) is 1. The van der Waals surface area contributed by atoms with Crippen LogP contribution in [0.5, 0.6) is 0 Å². The first-order chi connectivity index (χ1) is 9.34. The Kier molecular flexibility index (Phi) is 5.00. The van der Waals surface area contributed by atoms with Crippen LogP contribution in [-0.4, -0.2) is 47.2 Å². The second-order valence-electron chi connectivity index (χ2n) is 7.08. The molecule has 1 heterocycles. The van der Waals surface area contributed by atoms with E-state index in [0.717, 1.165) is 37.2 Å². The van der Waals surface area contributed by atoms with Crippen molar-refractivity contribution in [1.82, 2.24) is 4.90 Å². The van der Waals surface area contributed by atoms with Crippen LogP contribution in [0.15, 0.2) is 0 Å². The highest BCUT2D eigenvalue weighted by atomic mass is 79.9. The molecular weight excluding hydrogens is 322 g/mol. The number of amides is 1. The molecule has 2 rings (SSSR count). The summed E-state index contributed by atoms with van der Waals surface area (Å²) < 4.78 is 11.6. The van der Waals surface area contributed by atoms with E-state index in [2.05, 4.69) is 15.9 Å². The van der Waals surface area contributed by atoms with Gasteiger partial charge in [-0.2, -0.15) is 0 Å². The molecule has 0 radical (unpaired) electrons. The highest BCUT2D eigenvalue weighted by molar-refractivity contribution is 9.09. The number of piperidine rings is 1. The lowest BCUT2D eigenvalue weighted by Gasteiger charge is -2.42. The molecule has 1 aliphatic carbocycles. The van der Waals surface area contributed by atoms with Gasteiger partial charge in [-0.3, -0.25) is 0 Å². The van der Waals surface area contributed by atoms with Crippen LogP contribution in [0.1, 0.15) is 46.5 Å². The van der Waals surface area contributed by atoms with Crippen molar-refractivity contribution in [2.45, 2.75) is 57.7 Å². The Morgan fingerprint density at radius 3 is 2.65 bits per heavy atom. The molecule has 1 unspecified atom stereocenters. The van der Waals surface area contributed by atoms with Crippen LogP contribution in [0, 0.1) is 5.92 Å². The van der Waals surface area contributed by atoms with Crippen molar-refractivity contribution in [2.24, 2.45) is 5.92 Å². The van der Waals surface area contributed by atoms with Gasteiger partial charge in [0.2, 0.25) is 0 Å². The van der Waals surface area contributed by atoms with Crippen molar-refractivity contribution in [3.63, 3.8) is 0 Å². The van der Waals surface area contributed by atoms with E-state index in [1.54, 1.807) is 4.90 Å². The molecule has 0 N–H and O–H groups in total. The molecule has 1 saturated carbocycles. The Bertz CT molecular complexity index is 352. The Balaban J connectivity index is 1.92. The lowest BCUT2D eigenvalue weighted by Crippen LogP contribution is -2.54. The molecule has 1 aliphatic heterocycles. The van der Waals surface area contributed by atoms with E-state index in [-0.39, 0.29) is 11.7 Å². The molecule has 0 aromatic carbocycles. The topological polar surface area (TPSA) is 38.8 Å². The number of halogens is 1. The summed E-state index contributed by atoms with van der Waals surface area (Å²) in [5.41, 5.74) is -0.682. The molecule has 0 bridgehead atoms. The van der Waals surface area contributed by atoms with Gasteiger partial charge >= 0.3 is 6.09 Å². The van der Waals surface area contributed by atoms with Gasteiger partial charge in [0.25, 0.3) is 0 Å². The number of carbonyl (C=O) groups is 1. The minimum Gasteiger partial charge on any atom is -0.444 e. The lowest BCUT2D eigenvalue weighted by atomic mass is 9.95. The molecule has 4 nitrogen and oxygen atoms in total. The molecule has 1 amide bonds. The smallest absolute Gasteiger partial charge is 0.410 e. The molecule has 0 aromatic rings. The number of alkyl halides is 1. The maximum Gasteiger partial charge on any atom is 0.410 e. The average molecular weight is 348 g/mol. The summed E-state index contributed by atoms with van der Waals surface area (Å²) in [5, 5.41) is 0.770. The third kappa shape index (κ3) is 4.62. The van der Waals surface area contributed by atoms with Crippen molar-refractivity contribution in [1.29, 1.82) is 0 Å². The predicted octanol–water partition coefficient (Wildman–Crippen LogP) is 3.58. The van der Waals surface area contributed by atoms with Gasteiger partial charge in [-0.05, 0) is 52.4 Å². The fourth-order valence-corrected chi connectivity index (χ4v) is 3.04. The molecular formula is C15H26BrNO3. The molecule has 2 aliphatic rings. The van der Waals surface area contributed by atoms with Crippen LogP contribution in [0.4, 0.5) is 4.79 Å². The molecule has 5 heteroatoms. The predicted molar refractivity (Wildman–Crippen MR) is 82.2 cm³/mol. The molecule has 2 fully saturated rings. The molecule has 1 atom stereocenters. The first kappa shape index (κ1) is 16.1. The average Bonchev–Trinajstić information content (AvgIpc) is 3.19. The number of rotatable bonds is 4. The van der Waals surface area contributed by atoms with E-state index in [1.807, 2.05) is 20.8 Å². The van der Waals surface area contributed by atoms with Crippen molar-refractivity contribution in [3.05, 3.63) is 0 Å². The third-order valence-corrected chi connectivity index (χ3v) is 4.78. The Hall–Kier alpha value is -0.290. The molecule has 1 saturated heterocycles. The molecule has 20 heavy (non-hydrogen) atoms. The van der Waals surface area contributed by atoms with Gasteiger partial charge in [0.05, 0.1) is 18.8 Å². The van der Waals surface area contributed by atoms with Gasteiger partial charge in [-0.1, -0.05) is 15.9 Å². The minimum absolute atomic E-state index is 0.224. The quantitative estimate of drug-likeness (QED) is 0.729. The molecule has 0 aromatic heterocycles. The van der Waals surface area contributed by atoms with Crippen molar-refractivity contribution < 1.29 is 14.3 Å². The SMILES string of the molecule is CC(C)(C)OC(=O)N1CCCC(CBr)(OCC2CC2)C1. The lowest BCUT2D eigenvalue weighted by molar-refractivity contribution is -0.0792. The number of hydrogen-bond donors (Lipinski definition) is 0. The van der Waals surface area contributed by atoms with E-state index in [4.69, 9.17) is 9.47 Å². The monoisotopic (exact) mass is 347 g/mol. The van der Waals surface area contributed by atoms with Gasteiger partial charge in [0.15, 0.2) is 0 Å². The molecule has 116 valence electrons. The first-order valence-corrected chi connectivity index (χ1v) is 8.64. The Morgan fingerprint density at radius 2 is 2.10 bits per heavy atom. The van der Waals surface area contributed by atoms with Gasteiger partial charge in [0, 0.05) is 11.9 Å². The Morgan fingerprint density at radius 1 is 1.40 bits per heavy atom. The zero-order valence-electron chi connectivity index (χ0n) is 12.8. The fraction of sp³-hybridized carbons (Fsp3) is 0.933. The van der Waals surface area contributed by atoms with Gasteiger partial charge in [0.1, 0.15) is 5.60 Å². The standard InChI is InChI=1S/C15H26BrNO3/c1-14(2,3)20-13(18)17-8-4-7-15(10-16,11-17)19-9-12-5-6-12/h12H,4-11H2,1-3H3. The van der Waals surface area contributed by atoms with Gasteiger partial charge in [-0.15, -0.1) is 0 Å². The van der Waals surface area contributed by atoms with Crippen LogP contribution in [0.3, 0.4) is 0 Å². The van der Waals surface area contributed by atoms with Gasteiger partial charge < -0.3 is 14.4 Å². The van der Waals surface area contributed by atoms with Crippen LogP contribution in [-0.2, 0) is 9.47 Å². The van der Waals surface area contributed by atoms with E-state index in [9.17, 15) is 4.79 Å². The summed E-state index contributed by atoms with van der Waals surface area (Å²) in [6.45, 7) is 7.91. The zero-order chi connectivity index (χ0) is 14.8. The summed E-state index contributed by atoms with van der Waals surface area (Å²) >= 11 is 3.57. The maximum atomic E-state index is 12.2. The van der Waals surface area contributed by atoms with E-state index in [0.29, 0.717) is 6.54 Å². The fourth-order valence-electron chi connectivity index (χ4n) is 2.42. The van der Waals surface area contributed by atoms with Crippen LogP contribution < -0.4 is 0 Å². The van der Waals surface area contributed by atoms with Crippen molar-refractivity contribution >= 4 is 22.0 Å². The summed E-state index contributed by atoms with van der Waals surface area (Å²) in [5.74, 6) is 0.739. The number of hydrogen-bond acceptors (Lipinski definition) is 3.